The van der Waals surface area contributed by atoms with Gasteiger partial charge in [-0.05, 0) is 36.6 Å². The van der Waals surface area contributed by atoms with Gasteiger partial charge >= 0.3 is 5.97 Å². The maximum Gasteiger partial charge on any atom is 0.328 e. The number of amides is 1. The quantitative estimate of drug-likeness (QED) is 0.828. The van der Waals surface area contributed by atoms with Gasteiger partial charge < -0.3 is 15.3 Å². The molecule has 1 unspecified atom stereocenters. The number of likely N-dealkylation sites (N-methyl/N-ethyl adjacent to an activating group) is 1. The van der Waals surface area contributed by atoms with Crippen LogP contribution in [0.2, 0.25) is 0 Å². The number of hydrogen-bond donors (Lipinski definition) is 2. The van der Waals surface area contributed by atoms with Crippen LogP contribution < -0.4 is 10.2 Å². The Hall–Kier alpha value is -2.37. The van der Waals surface area contributed by atoms with Crippen LogP contribution in [0.1, 0.15) is 18.4 Å². The minimum absolute atomic E-state index is 0.123. The summed E-state index contributed by atoms with van der Waals surface area (Å²) < 4.78 is 14.2. The number of nitrogens with zero attached hydrogens (tertiary/aromatic N) is 1. The molecule has 0 aromatic heterocycles. The molecule has 1 saturated heterocycles. The van der Waals surface area contributed by atoms with Crippen LogP contribution in [0.3, 0.4) is 0 Å². The molecule has 1 aromatic rings. The smallest absolute Gasteiger partial charge is 0.328 e. The van der Waals surface area contributed by atoms with Crippen LogP contribution in [0.5, 0.6) is 0 Å². The maximum absolute atomic E-state index is 14.2. The molecular weight excluding hydrogens is 275 g/mol. The van der Waals surface area contributed by atoms with E-state index in [4.69, 9.17) is 5.11 Å². The zero-order valence-corrected chi connectivity index (χ0v) is 11.7. The van der Waals surface area contributed by atoms with Gasteiger partial charge in [-0.25, -0.2) is 9.18 Å². The van der Waals surface area contributed by atoms with Gasteiger partial charge in [0.1, 0.15) is 11.9 Å². The largest absolute Gasteiger partial charge is 0.478 e. The molecule has 21 heavy (non-hydrogen) atoms. The topological polar surface area (TPSA) is 69.6 Å². The van der Waals surface area contributed by atoms with Crippen LogP contribution in [0.25, 0.3) is 6.08 Å². The SMILES string of the molecule is CNC(=O)C1CCCN1c1ccc(C=CC(=O)O)cc1F. The third-order valence-corrected chi connectivity index (χ3v) is 3.50. The van der Waals surface area contributed by atoms with Crippen LogP contribution in [0, 0.1) is 5.82 Å². The van der Waals surface area contributed by atoms with Crippen molar-refractivity contribution in [2.24, 2.45) is 0 Å². The lowest BCUT2D eigenvalue weighted by Gasteiger charge is -2.26. The normalized spacial score (nSPS) is 18.2. The number of aliphatic carboxylic acids is 1. The number of hydrogen-bond acceptors (Lipinski definition) is 3. The first-order valence-corrected chi connectivity index (χ1v) is 6.71. The highest BCUT2D eigenvalue weighted by Crippen LogP contribution is 2.29. The third kappa shape index (κ3) is 3.39. The second kappa shape index (κ2) is 6.39. The van der Waals surface area contributed by atoms with Crippen molar-refractivity contribution in [2.45, 2.75) is 18.9 Å². The van der Waals surface area contributed by atoms with E-state index in [1.807, 2.05) is 0 Å². The van der Waals surface area contributed by atoms with Crippen molar-refractivity contribution in [3.05, 3.63) is 35.7 Å². The zero-order valence-electron chi connectivity index (χ0n) is 11.7. The van der Waals surface area contributed by atoms with Crippen LogP contribution in [0.15, 0.2) is 24.3 Å². The van der Waals surface area contributed by atoms with Gasteiger partial charge in [0, 0.05) is 19.7 Å². The number of halogens is 1. The van der Waals surface area contributed by atoms with Gasteiger partial charge in [-0.2, -0.15) is 0 Å². The van der Waals surface area contributed by atoms with E-state index in [2.05, 4.69) is 5.32 Å². The molecule has 2 N–H and O–H groups in total. The summed E-state index contributed by atoms with van der Waals surface area (Å²) in [6, 6.07) is 4.13. The predicted molar refractivity (Wildman–Crippen MR) is 77.5 cm³/mol. The summed E-state index contributed by atoms with van der Waals surface area (Å²) in [5.41, 5.74) is 0.836. The van der Waals surface area contributed by atoms with E-state index in [0.29, 0.717) is 24.2 Å². The summed E-state index contributed by atoms with van der Waals surface area (Å²) in [7, 11) is 1.56. The highest BCUT2D eigenvalue weighted by Gasteiger charge is 2.31. The van der Waals surface area contributed by atoms with E-state index in [0.717, 1.165) is 12.5 Å². The molecule has 2 rings (SSSR count). The van der Waals surface area contributed by atoms with Crippen LogP contribution in [0.4, 0.5) is 10.1 Å². The maximum atomic E-state index is 14.2. The lowest BCUT2D eigenvalue weighted by atomic mass is 10.1. The van der Waals surface area contributed by atoms with Gasteiger partial charge in [0.25, 0.3) is 0 Å². The molecule has 0 saturated carbocycles. The molecule has 1 heterocycles. The van der Waals surface area contributed by atoms with Gasteiger partial charge in [-0.1, -0.05) is 6.07 Å². The molecule has 1 atom stereocenters. The van der Waals surface area contributed by atoms with E-state index in [9.17, 15) is 14.0 Å². The monoisotopic (exact) mass is 292 g/mol. The minimum Gasteiger partial charge on any atom is -0.478 e. The molecule has 0 bridgehead atoms. The van der Waals surface area contributed by atoms with E-state index in [1.165, 1.54) is 12.1 Å². The fraction of sp³-hybridized carbons (Fsp3) is 0.333. The average molecular weight is 292 g/mol. The van der Waals surface area contributed by atoms with Crippen LogP contribution >= 0.6 is 0 Å². The van der Waals surface area contributed by atoms with Crippen molar-refractivity contribution in [3.8, 4) is 0 Å². The second-order valence-corrected chi connectivity index (χ2v) is 4.85. The molecule has 1 aromatic carbocycles. The molecular formula is C15H17FN2O3. The zero-order chi connectivity index (χ0) is 15.4. The summed E-state index contributed by atoms with van der Waals surface area (Å²) in [4.78, 5) is 24.0. The molecule has 0 spiro atoms. The number of carbonyl (C=O) groups excluding carboxylic acids is 1. The van der Waals surface area contributed by atoms with Gasteiger partial charge in [-0.3, -0.25) is 4.79 Å². The summed E-state index contributed by atoms with van der Waals surface area (Å²) in [6.45, 7) is 0.624. The van der Waals surface area contributed by atoms with Crippen molar-refractivity contribution in [3.63, 3.8) is 0 Å². The van der Waals surface area contributed by atoms with Crippen molar-refractivity contribution in [1.82, 2.24) is 5.32 Å². The van der Waals surface area contributed by atoms with E-state index < -0.39 is 11.8 Å². The Labute approximate surface area is 122 Å². The molecule has 112 valence electrons. The molecule has 6 heteroatoms. The lowest BCUT2D eigenvalue weighted by molar-refractivity contribution is -0.131. The van der Waals surface area contributed by atoms with Gasteiger partial charge in [0.15, 0.2) is 0 Å². The first-order chi connectivity index (χ1) is 10.0. The first-order valence-electron chi connectivity index (χ1n) is 6.71. The molecule has 1 amide bonds. The Kier molecular flexibility index (Phi) is 4.57. The number of carbonyl (C=O) groups is 2. The molecule has 1 aliphatic rings. The lowest BCUT2D eigenvalue weighted by Crippen LogP contribution is -2.42. The van der Waals surface area contributed by atoms with Crippen molar-refractivity contribution in [2.75, 3.05) is 18.5 Å². The summed E-state index contributed by atoms with van der Waals surface area (Å²) >= 11 is 0. The molecule has 0 radical (unpaired) electrons. The Morgan fingerprint density at radius 1 is 1.48 bits per heavy atom. The van der Waals surface area contributed by atoms with Gasteiger partial charge in [-0.15, -0.1) is 0 Å². The number of carboxylic acids is 1. The van der Waals surface area contributed by atoms with E-state index >= 15 is 0 Å². The Balaban J connectivity index is 2.24. The van der Waals surface area contributed by atoms with Gasteiger partial charge in [0.05, 0.1) is 5.69 Å². The minimum atomic E-state index is -1.08. The first kappa shape index (κ1) is 15.0. The van der Waals surface area contributed by atoms with Crippen LogP contribution in [-0.2, 0) is 9.59 Å². The Morgan fingerprint density at radius 3 is 2.86 bits per heavy atom. The van der Waals surface area contributed by atoms with E-state index in [-0.39, 0.29) is 11.9 Å². The summed E-state index contributed by atoms with van der Waals surface area (Å²) in [6.07, 6.45) is 3.81. The number of benzene rings is 1. The summed E-state index contributed by atoms with van der Waals surface area (Å²) in [5.74, 6) is -1.67. The predicted octanol–water partition coefficient (Wildman–Crippen LogP) is 1.64. The summed E-state index contributed by atoms with van der Waals surface area (Å²) in [5, 5.41) is 11.2. The number of nitrogens with one attached hydrogen (secondary N) is 1. The average Bonchev–Trinajstić information content (AvgIpc) is 2.93. The number of anilines is 1. The standard InChI is InChI=1S/C15H17FN2O3/c1-17-15(21)13-3-2-8-18(13)12-6-4-10(9-11(12)16)5-7-14(19)20/h4-7,9,13H,2-3,8H2,1H3,(H,17,21)(H,19,20). The Bertz CT molecular complexity index is 586. The highest BCUT2D eigenvalue weighted by molar-refractivity contribution is 5.86. The van der Waals surface area contributed by atoms with Crippen molar-refractivity contribution >= 4 is 23.6 Å². The fourth-order valence-electron chi connectivity index (χ4n) is 2.52. The number of carboxylic acid groups (broad SMARTS) is 1. The fourth-order valence-corrected chi connectivity index (χ4v) is 2.52. The Morgan fingerprint density at radius 2 is 2.24 bits per heavy atom. The van der Waals surface area contributed by atoms with E-state index in [1.54, 1.807) is 24.1 Å². The molecule has 5 nitrogen and oxygen atoms in total. The van der Waals surface area contributed by atoms with Gasteiger partial charge in [0.2, 0.25) is 5.91 Å². The molecule has 1 aliphatic heterocycles. The van der Waals surface area contributed by atoms with Crippen molar-refractivity contribution < 1.29 is 19.1 Å². The second-order valence-electron chi connectivity index (χ2n) is 4.85. The van der Waals surface area contributed by atoms with Crippen molar-refractivity contribution in [1.29, 1.82) is 0 Å². The third-order valence-electron chi connectivity index (χ3n) is 3.50. The number of rotatable bonds is 4. The van der Waals surface area contributed by atoms with Crippen LogP contribution in [-0.4, -0.2) is 36.6 Å². The molecule has 0 aliphatic carbocycles. The highest BCUT2D eigenvalue weighted by atomic mass is 19.1. The molecule has 1 fully saturated rings.